The van der Waals surface area contributed by atoms with Crippen LogP contribution in [0.15, 0.2) is 41.3 Å². The molecule has 0 spiro atoms. The van der Waals surface area contributed by atoms with E-state index in [-0.39, 0.29) is 6.04 Å². The molecule has 2 rings (SSSR count). The molecule has 4 nitrogen and oxygen atoms in total. The van der Waals surface area contributed by atoms with Crippen molar-refractivity contribution in [2.45, 2.75) is 31.3 Å². The zero-order valence-corrected chi connectivity index (χ0v) is 14.0. The maximum absolute atomic E-state index is 11.8. The summed E-state index contributed by atoms with van der Waals surface area (Å²) in [6, 6.07) is 11.3. The minimum absolute atomic E-state index is 0.0828. The standard InChI is InChI=1S/C15H20N2O2S2/c1-11-7-8-14(20-11)10-17-12(2)13-5-4-6-15(9-13)21(18,19)16-3/h4-9,12,16-17H,10H2,1-3H3/t12-/m0/s1. The van der Waals surface area contributed by atoms with Crippen molar-refractivity contribution in [1.29, 1.82) is 0 Å². The Bertz CT molecular complexity index is 708. The predicted molar refractivity (Wildman–Crippen MR) is 87.0 cm³/mol. The molecule has 0 bridgehead atoms. The Labute approximate surface area is 130 Å². The van der Waals surface area contributed by atoms with Crippen molar-refractivity contribution in [3.05, 3.63) is 51.7 Å². The van der Waals surface area contributed by atoms with E-state index in [0.29, 0.717) is 4.90 Å². The van der Waals surface area contributed by atoms with E-state index in [1.54, 1.807) is 29.5 Å². The number of hydrogen-bond acceptors (Lipinski definition) is 4. The average molecular weight is 324 g/mol. The first-order valence-electron chi connectivity index (χ1n) is 6.74. The normalized spacial score (nSPS) is 13.3. The van der Waals surface area contributed by atoms with Crippen LogP contribution in [-0.2, 0) is 16.6 Å². The summed E-state index contributed by atoms with van der Waals surface area (Å²) in [6.07, 6.45) is 0. The molecule has 1 heterocycles. The van der Waals surface area contributed by atoms with Crippen molar-refractivity contribution in [2.75, 3.05) is 7.05 Å². The summed E-state index contributed by atoms with van der Waals surface area (Å²) >= 11 is 1.77. The van der Waals surface area contributed by atoms with Gasteiger partial charge in [-0.3, -0.25) is 0 Å². The second kappa shape index (κ2) is 6.70. The number of nitrogens with one attached hydrogen (secondary N) is 2. The van der Waals surface area contributed by atoms with E-state index < -0.39 is 10.0 Å². The molecule has 114 valence electrons. The molecule has 0 fully saturated rings. The summed E-state index contributed by atoms with van der Waals surface area (Å²) in [6.45, 7) is 4.90. The van der Waals surface area contributed by atoms with Gasteiger partial charge in [-0.25, -0.2) is 13.1 Å². The van der Waals surface area contributed by atoms with Crippen molar-refractivity contribution in [3.8, 4) is 0 Å². The van der Waals surface area contributed by atoms with Crippen molar-refractivity contribution < 1.29 is 8.42 Å². The number of benzene rings is 1. The number of aryl methyl sites for hydroxylation is 1. The van der Waals surface area contributed by atoms with Crippen LogP contribution in [0.1, 0.15) is 28.3 Å². The Morgan fingerprint density at radius 1 is 1.24 bits per heavy atom. The highest BCUT2D eigenvalue weighted by molar-refractivity contribution is 7.89. The third kappa shape index (κ3) is 4.14. The molecule has 1 aromatic heterocycles. The van der Waals surface area contributed by atoms with Crippen LogP contribution in [0.3, 0.4) is 0 Å². The fraction of sp³-hybridized carbons (Fsp3) is 0.333. The molecule has 0 aliphatic rings. The fourth-order valence-corrected chi connectivity index (χ4v) is 3.65. The Kier molecular flexibility index (Phi) is 5.16. The van der Waals surface area contributed by atoms with Gasteiger partial charge in [0.15, 0.2) is 0 Å². The third-order valence-corrected chi connectivity index (χ3v) is 5.73. The summed E-state index contributed by atoms with van der Waals surface area (Å²) in [7, 11) is -1.97. The van der Waals surface area contributed by atoms with Gasteiger partial charge in [0.1, 0.15) is 0 Å². The van der Waals surface area contributed by atoms with Gasteiger partial charge in [0.25, 0.3) is 0 Å². The summed E-state index contributed by atoms with van der Waals surface area (Å²) in [4.78, 5) is 2.86. The van der Waals surface area contributed by atoms with Crippen LogP contribution in [0.2, 0.25) is 0 Å². The molecule has 1 aromatic carbocycles. The first-order valence-corrected chi connectivity index (χ1v) is 9.04. The number of hydrogen-bond donors (Lipinski definition) is 2. The molecule has 0 aliphatic carbocycles. The molecular formula is C15H20N2O2S2. The maximum atomic E-state index is 11.8. The summed E-state index contributed by atoms with van der Waals surface area (Å²) < 4.78 is 26.0. The predicted octanol–water partition coefficient (Wildman–Crippen LogP) is 2.82. The van der Waals surface area contributed by atoms with Crippen molar-refractivity contribution in [2.24, 2.45) is 0 Å². The summed E-state index contributed by atoms with van der Waals surface area (Å²) in [5, 5.41) is 3.42. The van der Waals surface area contributed by atoms with Crippen LogP contribution in [0, 0.1) is 6.92 Å². The first-order chi connectivity index (χ1) is 9.92. The lowest BCUT2D eigenvalue weighted by Gasteiger charge is -2.14. The van der Waals surface area contributed by atoms with Gasteiger partial charge in [-0.1, -0.05) is 12.1 Å². The van der Waals surface area contributed by atoms with Gasteiger partial charge >= 0.3 is 0 Å². The SMILES string of the molecule is CNS(=O)(=O)c1cccc([C@H](C)NCc2ccc(C)s2)c1. The number of thiophene rings is 1. The van der Waals surface area contributed by atoms with E-state index in [9.17, 15) is 8.42 Å². The van der Waals surface area contributed by atoms with Gasteiger partial charge < -0.3 is 5.32 Å². The van der Waals surface area contributed by atoms with Gasteiger partial charge in [0.2, 0.25) is 10.0 Å². The Balaban J connectivity index is 2.09. The lowest BCUT2D eigenvalue weighted by molar-refractivity contribution is 0.574. The van der Waals surface area contributed by atoms with Crippen LogP contribution < -0.4 is 10.0 Å². The zero-order chi connectivity index (χ0) is 15.5. The van der Waals surface area contributed by atoms with Crippen LogP contribution in [0.5, 0.6) is 0 Å². The van der Waals surface area contributed by atoms with Gasteiger partial charge in [-0.15, -0.1) is 11.3 Å². The van der Waals surface area contributed by atoms with E-state index in [1.165, 1.54) is 16.8 Å². The largest absolute Gasteiger partial charge is 0.305 e. The Hall–Kier alpha value is -1.21. The van der Waals surface area contributed by atoms with E-state index >= 15 is 0 Å². The first kappa shape index (κ1) is 16.2. The maximum Gasteiger partial charge on any atom is 0.240 e. The molecule has 2 aromatic rings. The van der Waals surface area contributed by atoms with Crippen LogP contribution >= 0.6 is 11.3 Å². The van der Waals surface area contributed by atoms with E-state index in [0.717, 1.165) is 12.1 Å². The minimum Gasteiger partial charge on any atom is -0.305 e. The average Bonchev–Trinajstić information content (AvgIpc) is 2.90. The molecule has 2 N–H and O–H groups in total. The highest BCUT2D eigenvalue weighted by atomic mass is 32.2. The monoisotopic (exact) mass is 324 g/mol. The Morgan fingerprint density at radius 3 is 2.62 bits per heavy atom. The quantitative estimate of drug-likeness (QED) is 0.859. The zero-order valence-electron chi connectivity index (χ0n) is 12.4. The van der Waals surface area contributed by atoms with Gasteiger partial charge in [-0.05, 0) is 50.7 Å². The topological polar surface area (TPSA) is 58.2 Å². The van der Waals surface area contributed by atoms with Gasteiger partial charge in [0.05, 0.1) is 4.90 Å². The summed E-state index contributed by atoms with van der Waals surface area (Å²) in [5.74, 6) is 0. The summed E-state index contributed by atoms with van der Waals surface area (Å²) in [5.41, 5.74) is 0.958. The second-order valence-corrected chi connectivity index (χ2v) is 8.15. The molecule has 1 atom stereocenters. The van der Waals surface area contributed by atoms with Crippen LogP contribution in [-0.4, -0.2) is 15.5 Å². The Morgan fingerprint density at radius 2 is 2.00 bits per heavy atom. The molecule has 0 amide bonds. The van der Waals surface area contributed by atoms with Gasteiger partial charge in [-0.2, -0.15) is 0 Å². The molecule has 0 saturated heterocycles. The van der Waals surface area contributed by atoms with Crippen molar-refractivity contribution in [1.82, 2.24) is 10.0 Å². The molecule has 0 aliphatic heterocycles. The molecular weight excluding hydrogens is 304 g/mol. The lowest BCUT2D eigenvalue weighted by Crippen LogP contribution is -2.20. The van der Waals surface area contributed by atoms with E-state index in [4.69, 9.17) is 0 Å². The van der Waals surface area contributed by atoms with Crippen molar-refractivity contribution in [3.63, 3.8) is 0 Å². The molecule has 6 heteroatoms. The van der Waals surface area contributed by atoms with E-state index in [1.807, 2.05) is 13.0 Å². The lowest BCUT2D eigenvalue weighted by atomic mass is 10.1. The fourth-order valence-electron chi connectivity index (χ4n) is 2.02. The van der Waals surface area contributed by atoms with E-state index in [2.05, 4.69) is 29.1 Å². The highest BCUT2D eigenvalue weighted by Crippen LogP contribution is 2.19. The number of rotatable bonds is 6. The smallest absolute Gasteiger partial charge is 0.240 e. The van der Waals surface area contributed by atoms with Gasteiger partial charge in [0, 0.05) is 22.3 Å². The molecule has 0 saturated carbocycles. The minimum atomic E-state index is -3.39. The molecule has 21 heavy (non-hydrogen) atoms. The second-order valence-electron chi connectivity index (χ2n) is 4.89. The molecule has 0 radical (unpaired) electrons. The third-order valence-electron chi connectivity index (χ3n) is 3.32. The molecule has 0 unspecified atom stereocenters. The van der Waals surface area contributed by atoms with Crippen LogP contribution in [0.4, 0.5) is 0 Å². The van der Waals surface area contributed by atoms with Crippen molar-refractivity contribution >= 4 is 21.4 Å². The number of sulfonamides is 1. The van der Waals surface area contributed by atoms with Crippen LogP contribution in [0.25, 0.3) is 0 Å². The highest BCUT2D eigenvalue weighted by Gasteiger charge is 2.13.